The van der Waals surface area contributed by atoms with E-state index in [0.29, 0.717) is 18.8 Å². The summed E-state index contributed by atoms with van der Waals surface area (Å²) in [4.78, 5) is 33.3. The minimum Gasteiger partial charge on any atom is -0.465 e. The third-order valence-corrected chi connectivity index (χ3v) is 4.83. The Bertz CT molecular complexity index is 401. The molecule has 2 atom stereocenters. The Hall–Kier alpha value is -0.830. The summed E-state index contributed by atoms with van der Waals surface area (Å²) in [6.45, 7) is 9.54. The van der Waals surface area contributed by atoms with E-state index < -0.39 is 11.5 Å². The van der Waals surface area contributed by atoms with Crippen LogP contribution in [0.3, 0.4) is 0 Å². The van der Waals surface area contributed by atoms with Gasteiger partial charge in [-0.15, -0.1) is 11.8 Å². The van der Waals surface area contributed by atoms with Gasteiger partial charge in [-0.25, -0.2) is 9.78 Å². The van der Waals surface area contributed by atoms with Crippen molar-refractivity contribution in [1.82, 2.24) is 0 Å². The number of thioether (sulfide) groups is 1. The summed E-state index contributed by atoms with van der Waals surface area (Å²) < 4.78 is 10.2. The number of esters is 2. The summed E-state index contributed by atoms with van der Waals surface area (Å²) >= 11 is 1.39. The van der Waals surface area contributed by atoms with Gasteiger partial charge in [0, 0.05) is 5.75 Å². The molecule has 0 radical (unpaired) electrons. The van der Waals surface area contributed by atoms with Gasteiger partial charge in [-0.2, -0.15) is 0 Å². The molecular weight excluding hydrogens is 360 g/mol. The minimum absolute atomic E-state index is 0.102. The summed E-state index contributed by atoms with van der Waals surface area (Å²) in [5, 5.41) is 9.71. The monoisotopic (exact) mass is 394 g/mol. The van der Waals surface area contributed by atoms with Crippen LogP contribution < -0.4 is 0 Å². The predicted molar refractivity (Wildman–Crippen MR) is 100 cm³/mol. The molecule has 7 nitrogen and oxygen atoms in total. The smallest absolute Gasteiger partial charge is 0.311 e. The van der Waals surface area contributed by atoms with Crippen LogP contribution >= 0.6 is 11.8 Å². The van der Waals surface area contributed by atoms with Gasteiger partial charge >= 0.3 is 11.9 Å². The number of unbranched alkanes of at least 4 members (excludes halogenated alkanes) is 1. The molecule has 0 aromatic carbocycles. The summed E-state index contributed by atoms with van der Waals surface area (Å²) in [5.74, 6) is 0.00421. The first kappa shape index (κ1) is 25.2. The highest BCUT2D eigenvalue weighted by Gasteiger charge is 2.27. The van der Waals surface area contributed by atoms with E-state index in [1.807, 2.05) is 13.8 Å². The third kappa shape index (κ3) is 11.7. The van der Waals surface area contributed by atoms with Crippen LogP contribution in [0.5, 0.6) is 0 Å². The van der Waals surface area contributed by atoms with E-state index in [-0.39, 0.29) is 37.0 Å². The van der Waals surface area contributed by atoms with Crippen LogP contribution in [0.1, 0.15) is 53.9 Å². The Morgan fingerprint density at radius 3 is 2.42 bits per heavy atom. The molecule has 0 amide bonds. The molecule has 0 aromatic rings. The third-order valence-electron chi connectivity index (χ3n) is 3.83. The van der Waals surface area contributed by atoms with Gasteiger partial charge in [0.15, 0.2) is 0 Å². The Balaban J connectivity index is 3.68. The lowest BCUT2D eigenvalue weighted by atomic mass is 9.91. The molecule has 0 saturated carbocycles. The first-order valence-electron chi connectivity index (χ1n) is 9.08. The second-order valence-electron chi connectivity index (χ2n) is 6.80. The minimum atomic E-state index is -0.955. The zero-order valence-electron chi connectivity index (χ0n) is 16.6. The molecule has 2 unspecified atom stereocenters. The average Bonchev–Trinajstić information content (AvgIpc) is 2.62. The fraction of sp³-hybridized carbons (Fsp3) is 0.889. The molecule has 0 rings (SSSR count). The van der Waals surface area contributed by atoms with Crippen molar-refractivity contribution >= 4 is 23.7 Å². The highest BCUT2D eigenvalue weighted by atomic mass is 32.2. The van der Waals surface area contributed by atoms with E-state index in [9.17, 15) is 14.7 Å². The van der Waals surface area contributed by atoms with Crippen molar-refractivity contribution in [3.8, 4) is 0 Å². The number of aliphatic hydroxyl groups excluding tert-OH is 1. The van der Waals surface area contributed by atoms with E-state index in [0.717, 1.165) is 12.8 Å². The Morgan fingerprint density at radius 1 is 1.12 bits per heavy atom. The van der Waals surface area contributed by atoms with Crippen LogP contribution in [-0.2, 0) is 28.8 Å². The molecule has 1 N–H and O–H groups in total. The lowest BCUT2D eigenvalue weighted by molar-refractivity contribution is -0.292. The molecule has 0 aromatic heterocycles. The first-order chi connectivity index (χ1) is 12.2. The molecule has 0 spiro atoms. The number of hydrogen-bond acceptors (Lipinski definition) is 8. The van der Waals surface area contributed by atoms with Crippen LogP contribution in [0.25, 0.3) is 0 Å². The zero-order chi connectivity index (χ0) is 20.0. The molecule has 0 heterocycles. The van der Waals surface area contributed by atoms with Crippen LogP contribution in [0, 0.1) is 11.3 Å². The van der Waals surface area contributed by atoms with Crippen LogP contribution in [0.4, 0.5) is 0 Å². The Kier molecular flexibility index (Phi) is 13.8. The summed E-state index contributed by atoms with van der Waals surface area (Å²) in [7, 11) is 0. The number of carbonyl (C=O) groups excluding carboxylic acids is 2. The van der Waals surface area contributed by atoms with Gasteiger partial charge in [0.1, 0.15) is 25.3 Å². The maximum atomic E-state index is 11.8. The summed E-state index contributed by atoms with van der Waals surface area (Å²) in [5.41, 5.74) is -0.567. The van der Waals surface area contributed by atoms with Crippen LogP contribution in [0.2, 0.25) is 0 Å². The molecule has 8 heteroatoms. The SMILES string of the molecule is CCCCOC(=O)C(C)CSCOOCC(O)COC(=O)C(C)(C)CC. The van der Waals surface area contributed by atoms with Gasteiger partial charge < -0.3 is 14.6 Å². The molecular formula is C18H34O7S. The quantitative estimate of drug-likeness (QED) is 0.149. The van der Waals surface area contributed by atoms with Gasteiger partial charge in [0.25, 0.3) is 0 Å². The average molecular weight is 395 g/mol. The zero-order valence-corrected chi connectivity index (χ0v) is 17.4. The van der Waals surface area contributed by atoms with E-state index >= 15 is 0 Å². The Morgan fingerprint density at radius 2 is 1.81 bits per heavy atom. The molecule has 154 valence electrons. The number of rotatable bonds is 15. The number of hydrogen-bond donors (Lipinski definition) is 1. The largest absolute Gasteiger partial charge is 0.465 e. The van der Waals surface area contributed by atoms with Crippen molar-refractivity contribution in [2.75, 3.05) is 31.5 Å². The first-order valence-corrected chi connectivity index (χ1v) is 10.2. The second kappa shape index (κ2) is 14.3. The summed E-state index contributed by atoms with van der Waals surface area (Å²) in [6, 6.07) is 0. The van der Waals surface area contributed by atoms with E-state index in [1.54, 1.807) is 20.8 Å². The molecule has 0 bridgehead atoms. The maximum absolute atomic E-state index is 11.8. The molecule has 0 aliphatic rings. The lowest BCUT2D eigenvalue weighted by Crippen LogP contribution is -2.30. The van der Waals surface area contributed by atoms with Crippen LogP contribution in [-0.4, -0.2) is 54.7 Å². The van der Waals surface area contributed by atoms with Gasteiger partial charge in [-0.3, -0.25) is 9.59 Å². The number of aliphatic hydroxyl groups is 1. The predicted octanol–water partition coefficient (Wildman–Crippen LogP) is 2.95. The topological polar surface area (TPSA) is 91.3 Å². The van der Waals surface area contributed by atoms with Gasteiger partial charge in [0.05, 0.1) is 17.9 Å². The lowest BCUT2D eigenvalue weighted by Gasteiger charge is -2.21. The normalized spacial score (nSPS) is 13.9. The molecule has 0 aliphatic heterocycles. The molecule has 26 heavy (non-hydrogen) atoms. The molecule has 0 saturated heterocycles. The van der Waals surface area contributed by atoms with Gasteiger partial charge in [-0.05, 0) is 26.7 Å². The van der Waals surface area contributed by atoms with E-state index in [1.165, 1.54) is 11.8 Å². The standard InChI is InChI=1S/C18H34O7S/c1-6-8-9-22-16(20)14(3)12-26-13-25-24-11-15(19)10-23-17(21)18(4,5)7-2/h14-15,19H,6-13H2,1-5H3. The maximum Gasteiger partial charge on any atom is 0.311 e. The van der Waals surface area contributed by atoms with Crippen molar-refractivity contribution in [2.24, 2.45) is 11.3 Å². The van der Waals surface area contributed by atoms with Crippen molar-refractivity contribution in [3.63, 3.8) is 0 Å². The second-order valence-corrected chi connectivity index (χ2v) is 7.78. The van der Waals surface area contributed by atoms with E-state index in [2.05, 4.69) is 0 Å². The van der Waals surface area contributed by atoms with Gasteiger partial charge in [-0.1, -0.05) is 27.2 Å². The summed E-state index contributed by atoms with van der Waals surface area (Å²) in [6.07, 6.45) is 1.56. The Labute approximate surface area is 161 Å². The molecule has 0 fully saturated rings. The molecule has 0 aliphatic carbocycles. The van der Waals surface area contributed by atoms with E-state index in [4.69, 9.17) is 19.2 Å². The van der Waals surface area contributed by atoms with Crippen molar-refractivity contribution in [1.29, 1.82) is 0 Å². The van der Waals surface area contributed by atoms with Crippen molar-refractivity contribution in [3.05, 3.63) is 0 Å². The number of carbonyl (C=O) groups is 2. The number of ether oxygens (including phenoxy) is 2. The highest BCUT2D eigenvalue weighted by molar-refractivity contribution is 7.99. The van der Waals surface area contributed by atoms with Crippen molar-refractivity contribution in [2.45, 2.75) is 60.0 Å². The fourth-order valence-electron chi connectivity index (χ4n) is 1.51. The highest BCUT2D eigenvalue weighted by Crippen LogP contribution is 2.21. The van der Waals surface area contributed by atoms with Gasteiger partial charge in [0.2, 0.25) is 0 Å². The van der Waals surface area contributed by atoms with Crippen molar-refractivity contribution < 1.29 is 33.9 Å². The van der Waals surface area contributed by atoms with Crippen LogP contribution in [0.15, 0.2) is 0 Å². The fourth-order valence-corrected chi connectivity index (χ4v) is 2.23.